The summed E-state index contributed by atoms with van der Waals surface area (Å²) < 4.78 is 12.9. The van der Waals surface area contributed by atoms with Crippen LogP contribution >= 0.6 is 23.2 Å². The molecule has 0 spiro atoms. The molecular formula is C19H17Cl2N3O2. The fourth-order valence-electron chi connectivity index (χ4n) is 3.26. The number of nitrogens with one attached hydrogen (secondary N) is 1. The van der Waals surface area contributed by atoms with E-state index in [0.29, 0.717) is 15.8 Å². The highest BCUT2D eigenvalue weighted by Gasteiger charge is 2.27. The Morgan fingerprint density at radius 2 is 1.69 bits per heavy atom. The Labute approximate surface area is 161 Å². The van der Waals surface area contributed by atoms with Crippen LogP contribution in [0.15, 0.2) is 36.4 Å². The molecule has 0 saturated carbocycles. The van der Waals surface area contributed by atoms with E-state index in [9.17, 15) is 0 Å². The zero-order valence-electron chi connectivity index (χ0n) is 14.3. The van der Waals surface area contributed by atoms with Gasteiger partial charge in [0.15, 0.2) is 0 Å². The van der Waals surface area contributed by atoms with Crippen molar-refractivity contribution < 1.29 is 9.47 Å². The van der Waals surface area contributed by atoms with Crippen molar-refractivity contribution in [3.63, 3.8) is 0 Å². The standard InChI is InChI=1S/C19H17Cl2N3O2/c1-25-16-5-3-11(20)9-14(16)18-13-7-8-22-19(13)24(23-18)15-10-12(21)4-6-17(15)26-2/h3-6,9-10,22H,7-8H2,1-2H3. The Morgan fingerprint density at radius 1 is 1.00 bits per heavy atom. The number of hydrogen-bond donors (Lipinski definition) is 1. The van der Waals surface area contributed by atoms with Crippen LogP contribution in [-0.2, 0) is 6.42 Å². The SMILES string of the molecule is COc1ccc(Cl)cc1-c1nn(-c2cc(Cl)ccc2OC)c2c1CCN2. The first kappa shape index (κ1) is 17.1. The molecule has 7 heteroatoms. The smallest absolute Gasteiger partial charge is 0.144 e. The van der Waals surface area contributed by atoms with E-state index in [1.807, 2.05) is 28.9 Å². The molecule has 134 valence electrons. The van der Waals surface area contributed by atoms with Crippen molar-refractivity contribution in [1.29, 1.82) is 0 Å². The third-order valence-corrected chi connectivity index (χ3v) is 4.91. The van der Waals surface area contributed by atoms with Gasteiger partial charge in [0.05, 0.1) is 14.2 Å². The fraction of sp³-hybridized carbons (Fsp3) is 0.211. The van der Waals surface area contributed by atoms with Gasteiger partial charge in [-0.3, -0.25) is 0 Å². The summed E-state index contributed by atoms with van der Waals surface area (Å²) in [4.78, 5) is 0. The highest BCUT2D eigenvalue weighted by atomic mass is 35.5. The van der Waals surface area contributed by atoms with Gasteiger partial charge in [-0.1, -0.05) is 23.2 Å². The second-order valence-corrected chi connectivity index (χ2v) is 6.80. The number of fused-ring (bicyclic) bond motifs is 1. The van der Waals surface area contributed by atoms with E-state index in [4.69, 9.17) is 37.8 Å². The van der Waals surface area contributed by atoms with Gasteiger partial charge in [0.2, 0.25) is 0 Å². The van der Waals surface area contributed by atoms with E-state index in [2.05, 4.69) is 5.32 Å². The highest BCUT2D eigenvalue weighted by molar-refractivity contribution is 6.31. The third kappa shape index (κ3) is 2.77. The molecule has 1 aromatic heterocycles. The van der Waals surface area contributed by atoms with Crippen LogP contribution in [0.25, 0.3) is 16.9 Å². The summed E-state index contributed by atoms with van der Waals surface area (Å²) >= 11 is 12.4. The zero-order chi connectivity index (χ0) is 18.3. The van der Waals surface area contributed by atoms with Crippen LogP contribution in [0, 0.1) is 0 Å². The molecule has 0 fully saturated rings. The molecular weight excluding hydrogens is 373 g/mol. The van der Waals surface area contributed by atoms with Gasteiger partial charge < -0.3 is 14.8 Å². The number of halogens is 2. The Kier molecular flexibility index (Phi) is 4.42. The maximum Gasteiger partial charge on any atom is 0.144 e. The highest BCUT2D eigenvalue weighted by Crippen LogP contribution is 2.41. The number of benzene rings is 2. The van der Waals surface area contributed by atoms with Gasteiger partial charge >= 0.3 is 0 Å². The lowest BCUT2D eigenvalue weighted by atomic mass is 10.1. The molecule has 1 aliphatic rings. The molecule has 0 bridgehead atoms. The number of anilines is 1. The van der Waals surface area contributed by atoms with Crippen LogP contribution in [0.5, 0.6) is 11.5 Å². The number of ether oxygens (including phenoxy) is 2. The molecule has 0 saturated heterocycles. The van der Waals surface area contributed by atoms with Crippen molar-refractivity contribution >= 4 is 29.0 Å². The van der Waals surface area contributed by atoms with Crippen LogP contribution in [0.1, 0.15) is 5.56 Å². The molecule has 0 radical (unpaired) electrons. The summed E-state index contributed by atoms with van der Waals surface area (Å²) in [6, 6.07) is 11.0. The first-order valence-electron chi connectivity index (χ1n) is 8.16. The van der Waals surface area contributed by atoms with E-state index < -0.39 is 0 Å². The van der Waals surface area contributed by atoms with E-state index >= 15 is 0 Å². The molecule has 0 aliphatic carbocycles. The first-order valence-corrected chi connectivity index (χ1v) is 8.91. The van der Waals surface area contributed by atoms with Gasteiger partial charge in [-0.2, -0.15) is 5.10 Å². The van der Waals surface area contributed by atoms with Gasteiger partial charge in [-0.15, -0.1) is 0 Å². The molecule has 5 nitrogen and oxygen atoms in total. The second kappa shape index (κ2) is 6.74. The van der Waals surface area contributed by atoms with Crippen molar-refractivity contribution in [3.05, 3.63) is 52.0 Å². The fourth-order valence-corrected chi connectivity index (χ4v) is 3.60. The number of nitrogens with zero attached hydrogens (tertiary/aromatic N) is 2. The van der Waals surface area contributed by atoms with Crippen molar-refractivity contribution in [2.75, 3.05) is 26.1 Å². The molecule has 0 amide bonds. The van der Waals surface area contributed by atoms with Crippen molar-refractivity contribution in [2.24, 2.45) is 0 Å². The van der Waals surface area contributed by atoms with Gasteiger partial charge in [-0.25, -0.2) is 4.68 Å². The largest absolute Gasteiger partial charge is 0.496 e. The average Bonchev–Trinajstić information content (AvgIpc) is 3.24. The molecule has 0 unspecified atom stereocenters. The topological polar surface area (TPSA) is 48.3 Å². The minimum Gasteiger partial charge on any atom is -0.496 e. The minimum atomic E-state index is 0.616. The summed E-state index contributed by atoms with van der Waals surface area (Å²) in [5, 5.41) is 9.51. The number of hydrogen-bond acceptors (Lipinski definition) is 4. The molecule has 26 heavy (non-hydrogen) atoms. The minimum absolute atomic E-state index is 0.616. The van der Waals surface area contributed by atoms with E-state index in [0.717, 1.165) is 47.0 Å². The van der Waals surface area contributed by atoms with Gasteiger partial charge in [0, 0.05) is 27.7 Å². The molecule has 1 N–H and O–H groups in total. The lowest BCUT2D eigenvalue weighted by Gasteiger charge is -2.12. The average molecular weight is 390 g/mol. The Morgan fingerprint density at radius 3 is 2.42 bits per heavy atom. The number of rotatable bonds is 4. The van der Waals surface area contributed by atoms with Crippen LogP contribution in [-0.4, -0.2) is 30.5 Å². The predicted octanol–water partition coefficient (Wildman–Crippen LogP) is 4.83. The van der Waals surface area contributed by atoms with Crippen LogP contribution in [0.4, 0.5) is 5.82 Å². The van der Waals surface area contributed by atoms with Crippen molar-refractivity contribution in [1.82, 2.24) is 9.78 Å². The predicted molar refractivity (Wildman–Crippen MR) is 104 cm³/mol. The summed E-state index contributed by atoms with van der Waals surface area (Å²) in [5.41, 5.74) is 3.59. The summed E-state index contributed by atoms with van der Waals surface area (Å²) in [6.45, 7) is 0.839. The summed E-state index contributed by atoms with van der Waals surface area (Å²) in [6.07, 6.45) is 0.864. The third-order valence-electron chi connectivity index (χ3n) is 4.44. The molecule has 2 heterocycles. The quantitative estimate of drug-likeness (QED) is 0.693. The van der Waals surface area contributed by atoms with E-state index in [1.54, 1.807) is 26.4 Å². The molecule has 4 rings (SSSR count). The lowest BCUT2D eigenvalue weighted by Crippen LogP contribution is -2.06. The van der Waals surface area contributed by atoms with Gasteiger partial charge in [0.1, 0.15) is 28.7 Å². The van der Waals surface area contributed by atoms with Crippen LogP contribution < -0.4 is 14.8 Å². The first-order chi connectivity index (χ1) is 12.6. The maximum absolute atomic E-state index is 6.22. The Balaban J connectivity index is 1.96. The van der Waals surface area contributed by atoms with Crippen LogP contribution in [0.3, 0.4) is 0 Å². The zero-order valence-corrected chi connectivity index (χ0v) is 15.9. The molecule has 3 aromatic rings. The van der Waals surface area contributed by atoms with Gasteiger partial charge in [0.25, 0.3) is 0 Å². The molecule has 1 aliphatic heterocycles. The normalized spacial score (nSPS) is 12.6. The molecule has 0 atom stereocenters. The van der Waals surface area contributed by atoms with Gasteiger partial charge in [-0.05, 0) is 42.8 Å². The monoisotopic (exact) mass is 389 g/mol. The second-order valence-electron chi connectivity index (χ2n) is 5.93. The van der Waals surface area contributed by atoms with E-state index in [1.165, 1.54) is 0 Å². The van der Waals surface area contributed by atoms with Crippen molar-refractivity contribution in [3.8, 4) is 28.4 Å². The Bertz CT molecular complexity index is 909. The van der Waals surface area contributed by atoms with E-state index in [-0.39, 0.29) is 0 Å². The lowest BCUT2D eigenvalue weighted by molar-refractivity contribution is 0.412. The maximum atomic E-state index is 6.22. The number of methoxy groups -OCH3 is 2. The van der Waals surface area contributed by atoms with Crippen LogP contribution in [0.2, 0.25) is 10.0 Å². The van der Waals surface area contributed by atoms with Crippen molar-refractivity contribution in [2.45, 2.75) is 6.42 Å². The summed E-state index contributed by atoms with van der Waals surface area (Å²) in [7, 11) is 3.27. The Hall–Kier alpha value is -2.37. The summed E-state index contributed by atoms with van der Waals surface area (Å²) in [5.74, 6) is 2.35. The number of aromatic nitrogens is 2. The molecule has 2 aromatic carbocycles.